The van der Waals surface area contributed by atoms with Gasteiger partial charge in [-0.1, -0.05) is 48.0 Å². The predicted octanol–water partition coefficient (Wildman–Crippen LogP) is 3.76. The highest BCUT2D eigenvalue weighted by molar-refractivity contribution is 6.32. The first kappa shape index (κ1) is 16.7. The zero-order valence-electron chi connectivity index (χ0n) is 11.7. The molecule has 1 atom stereocenters. The van der Waals surface area contributed by atoms with Crippen molar-refractivity contribution in [3.05, 3.63) is 64.7 Å². The summed E-state index contributed by atoms with van der Waals surface area (Å²) in [5, 5.41) is 12.8. The molecule has 0 fully saturated rings. The molecule has 0 aliphatic rings. The second-order valence-electron chi connectivity index (χ2n) is 4.67. The Morgan fingerprint density at radius 3 is 2.45 bits per heavy atom. The van der Waals surface area contributed by atoms with Crippen molar-refractivity contribution in [1.29, 1.82) is 0 Å². The second kappa shape index (κ2) is 8.08. The van der Waals surface area contributed by atoms with E-state index in [1.807, 2.05) is 30.3 Å². The summed E-state index contributed by atoms with van der Waals surface area (Å²) in [6.45, 7) is -2.52. The summed E-state index contributed by atoms with van der Waals surface area (Å²) >= 11 is 5.90. The molecule has 0 aliphatic carbocycles. The van der Waals surface area contributed by atoms with E-state index in [1.165, 1.54) is 6.07 Å². The molecule has 3 nitrogen and oxygen atoms in total. The van der Waals surface area contributed by atoms with Crippen LogP contribution in [0.4, 0.5) is 8.78 Å². The molecule has 0 aliphatic heterocycles. The molecule has 2 rings (SSSR count). The van der Waals surface area contributed by atoms with E-state index in [2.05, 4.69) is 10.1 Å². The van der Waals surface area contributed by atoms with Crippen LogP contribution in [0.1, 0.15) is 17.2 Å². The molecule has 2 N–H and O–H groups in total. The molecule has 118 valence electrons. The average Bonchev–Trinajstić information content (AvgIpc) is 2.51. The van der Waals surface area contributed by atoms with Gasteiger partial charge in [0, 0.05) is 6.54 Å². The summed E-state index contributed by atoms with van der Waals surface area (Å²) in [5.74, 6) is -0.0535. The zero-order valence-corrected chi connectivity index (χ0v) is 12.4. The van der Waals surface area contributed by atoms with Gasteiger partial charge < -0.3 is 15.2 Å². The summed E-state index contributed by atoms with van der Waals surface area (Å²) in [5.41, 5.74) is 1.77. The molecule has 0 aromatic heterocycles. The number of hydrogen-bond acceptors (Lipinski definition) is 3. The van der Waals surface area contributed by atoms with Crippen molar-refractivity contribution in [3.63, 3.8) is 0 Å². The largest absolute Gasteiger partial charge is 0.433 e. The number of ether oxygens (including phenoxy) is 1. The van der Waals surface area contributed by atoms with Crippen molar-refractivity contribution < 1.29 is 18.6 Å². The third kappa shape index (κ3) is 4.66. The number of aliphatic hydroxyl groups is 1. The van der Waals surface area contributed by atoms with Crippen molar-refractivity contribution in [2.45, 2.75) is 19.2 Å². The van der Waals surface area contributed by atoms with Crippen LogP contribution in [0.3, 0.4) is 0 Å². The maximum absolute atomic E-state index is 12.2. The molecular weight excluding hydrogens is 312 g/mol. The van der Waals surface area contributed by atoms with E-state index < -0.39 is 6.61 Å². The highest BCUT2D eigenvalue weighted by atomic mass is 35.5. The fraction of sp³-hybridized carbons (Fsp3) is 0.250. The third-order valence-electron chi connectivity index (χ3n) is 3.15. The van der Waals surface area contributed by atoms with Crippen LogP contribution in [0.15, 0.2) is 48.5 Å². The van der Waals surface area contributed by atoms with E-state index in [4.69, 9.17) is 11.6 Å². The molecule has 0 saturated carbocycles. The molecule has 0 spiro atoms. The fourth-order valence-electron chi connectivity index (χ4n) is 2.06. The SMILES string of the molecule is OCC(NCc1ccc(OC(F)F)c(Cl)c1)c1ccccc1. The molecular formula is C16H16ClF2NO2. The number of alkyl halides is 2. The van der Waals surface area contributed by atoms with E-state index in [1.54, 1.807) is 12.1 Å². The standard InChI is InChI=1S/C16H16ClF2NO2/c17-13-8-11(6-7-15(13)22-16(18)19)9-20-14(10-21)12-4-2-1-3-5-12/h1-8,14,16,20-21H,9-10H2. The van der Waals surface area contributed by atoms with E-state index in [9.17, 15) is 13.9 Å². The van der Waals surface area contributed by atoms with Crippen LogP contribution >= 0.6 is 11.6 Å². The first-order valence-corrected chi connectivity index (χ1v) is 7.10. The van der Waals surface area contributed by atoms with Crippen LogP contribution in [0.25, 0.3) is 0 Å². The Kier molecular flexibility index (Phi) is 6.12. The summed E-state index contributed by atoms with van der Waals surface area (Å²) in [4.78, 5) is 0. The van der Waals surface area contributed by atoms with Crippen molar-refractivity contribution >= 4 is 11.6 Å². The highest BCUT2D eigenvalue weighted by Gasteiger charge is 2.11. The average molecular weight is 328 g/mol. The van der Waals surface area contributed by atoms with Gasteiger partial charge in [-0.15, -0.1) is 0 Å². The molecule has 1 unspecified atom stereocenters. The Balaban J connectivity index is 2.00. The number of aliphatic hydroxyl groups excluding tert-OH is 1. The number of benzene rings is 2. The van der Waals surface area contributed by atoms with Crippen LogP contribution in [0.5, 0.6) is 5.75 Å². The monoisotopic (exact) mass is 327 g/mol. The fourth-order valence-corrected chi connectivity index (χ4v) is 2.31. The molecule has 2 aromatic rings. The van der Waals surface area contributed by atoms with Gasteiger partial charge in [0.25, 0.3) is 0 Å². The van der Waals surface area contributed by atoms with Gasteiger partial charge in [0.05, 0.1) is 17.7 Å². The lowest BCUT2D eigenvalue weighted by atomic mass is 10.1. The van der Waals surface area contributed by atoms with Gasteiger partial charge in [-0.25, -0.2) is 0 Å². The van der Waals surface area contributed by atoms with E-state index >= 15 is 0 Å². The van der Waals surface area contributed by atoms with Crippen molar-refractivity contribution in [3.8, 4) is 5.75 Å². The van der Waals surface area contributed by atoms with Crippen LogP contribution in [-0.4, -0.2) is 18.3 Å². The summed E-state index contributed by atoms with van der Waals surface area (Å²) in [7, 11) is 0. The Bertz CT molecular complexity index is 596. The zero-order chi connectivity index (χ0) is 15.9. The van der Waals surface area contributed by atoms with E-state index in [-0.39, 0.29) is 23.4 Å². The molecule has 0 saturated heterocycles. The lowest BCUT2D eigenvalue weighted by molar-refractivity contribution is -0.0497. The van der Waals surface area contributed by atoms with Crippen molar-refractivity contribution in [2.75, 3.05) is 6.61 Å². The smallest absolute Gasteiger partial charge is 0.387 e. The minimum Gasteiger partial charge on any atom is -0.433 e. The Morgan fingerprint density at radius 2 is 1.86 bits per heavy atom. The molecule has 22 heavy (non-hydrogen) atoms. The molecule has 0 amide bonds. The van der Waals surface area contributed by atoms with Gasteiger partial charge in [0.1, 0.15) is 5.75 Å². The number of halogens is 3. The summed E-state index contributed by atoms with van der Waals surface area (Å²) in [6.07, 6.45) is 0. The van der Waals surface area contributed by atoms with E-state index in [0.717, 1.165) is 11.1 Å². The first-order chi connectivity index (χ1) is 10.6. The van der Waals surface area contributed by atoms with Gasteiger partial charge in [0.2, 0.25) is 0 Å². The lowest BCUT2D eigenvalue weighted by Gasteiger charge is -2.17. The topological polar surface area (TPSA) is 41.5 Å². The number of nitrogens with one attached hydrogen (secondary N) is 1. The maximum atomic E-state index is 12.2. The summed E-state index contributed by atoms with van der Waals surface area (Å²) < 4.78 is 28.6. The van der Waals surface area contributed by atoms with Gasteiger partial charge in [-0.2, -0.15) is 8.78 Å². The Labute approximate surface area is 132 Å². The second-order valence-corrected chi connectivity index (χ2v) is 5.08. The Morgan fingerprint density at radius 1 is 1.14 bits per heavy atom. The van der Waals surface area contributed by atoms with Gasteiger partial charge in [0.15, 0.2) is 0 Å². The third-order valence-corrected chi connectivity index (χ3v) is 3.44. The van der Waals surface area contributed by atoms with Gasteiger partial charge in [-0.05, 0) is 23.3 Å². The minimum absolute atomic E-state index is 0.0513. The quantitative estimate of drug-likeness (QED) is 0.813. The number of hydrogen-bond donors (Lipinski definition) is 2. The first-order valence-electron chi connectivity index (χ1n) is 6.72. The molecule has 0 bridgehead atoms. The summed E-state index contributed by atoms with van der Waals surface area (Å²) in [6, 6.07) is 13.9. The maximum Gasteiger partial charge on any atom is 0.387 e. The van der Waals surface area contributed by atoms with Crippen molar-refractivity contribution in [2.24, 2.45) is 0 Å². The minimum atomic E-state index is -2.90. The van der Waals surface area contributed by atoms with Gasteiger partial charge >= 0.3 is 6.61 Å². The van der Waals surface area contributed by atoms with Crippen molar-refractivity contribution in [1.82, 2.24) is 5.32 Å². The molecule has 0 heterocycles. The normalized spacial score (nSPS) is 12.4. The molecule has 2 aromatic carbocycles. The van der Waals surface area contributed by atoms with Crippen LogP contribution in [0.2, 0.25) is 5.02 Å². The number of rotatable bonds is 7. The lowest BCUT2D eigenvalue weighted by Crippen LogP contribution is -2.23. The highest BCUT2D eigenvalue weighted by Crippen LogP contribution is 2.27. The molecule has 0 radical (unpaired) electrons. The van der Waals surface area contributed by atoms with E-state index in [0.29, 0.717) is 6.54 Å². The molecule has 6 heteroatoms. The van der Waals surface area contributed by atoms with Crippen LogP contribution in [0, 0.1) is 0 Å². The van der Waals surface area contributed by atoms with Gasteiger partial charge in [-0.3, -0.25) is 0 Å². The van der Waals surface area contributed by atoms with Crippen LogP contribution < -0.4 is 10.1 Å². The predicted molar refractivity (Wildman–Crippen MR) is 81.2 cm³/mol. The van der Waals surface area contributed by atoms with Crippen LogP contribution in [-0.2, 0) is 6.54 Å². The Hall–Kier alpha value is -1.69.